The Morgan fingerprint density at radius 3 is 2.50 bits per heavy atom. The molecule has 0 saturated carbocycles. The van der Waals surface area contributed by atoms with Gasteiger partial charge < -0.3 is 4.42 Å². The molecule has 0 radical (unpaired) electrons. The number of sulfone groups is 1. The minimum absolute atomic E-state index is 0.0415. The van der Waals surface area contributed by atoms with Crippen LogP contribution in [-0.2, 0) is 22.9 Å². The van der Waals surface area contributed by atoms with E-state index in [1.165, 1.54) is 12.1 Å². The Morgan fingerprint density at radius 2 is 1.96 bits per heavy atom. The van der Waals surface area contributed by atoms with Gasteiger partial charge in [0, 0.05) is 24.7 Å². The van der Waals surface area contributed by atoms with Crippen LogP contribution < -0.4 is 0 Å². The number of non-ortho nitro benzene ring substituents is 1. The fourth-order valence-corrected chi connectivity index (χ4v) is 4.70. The molecule has 1 atom stereocenters. The second kappa shape index (κ2) is 6.74. The van der Waals surface area contributed by atoms with Gasteiger partial charge in [0.15, 0.2) is 9.84 Å². The lowest BCUT2D eigenvalue weighted by molar-refractivity contribution is -0.384. The van der Waals surface area contributed by atoms with Gasteiger partial charge in [-0.2, -0.15) is 0 Å². The molecule has 0 unspecified atom stereocenters. The lowest BCUT2D eigenvalue weighted by Gasteiger charge is -2.27. The Bertz CT molecular complexity index is 800. The van der Waals surface area contributed by atoms with Crippen molar-refractivity contribution in [1.82, 2.24) is 4.90 Å². The van der Waals surface area contributed by atoms with Crippen molar-refractivity contribution in [3.8, 4) is 0 Å². The molecule has 0 spiro atoms. The summed E-state index contributed by atoms with van der Waals surface area (Å²) in [6.45, 7) is 1.02. The van der Waals surface area contributed by atoms with Crippen LogP contribution in [0.5, 0.6) is 0 Å². The largest absolute Gasteiger partial charge is 0.468 e. The van der Waals surface area contributed by atoms with E-state index in [9.17, 15) is 18.5 Å². The Hall–Kier alpha value is -2.19. The summed E-state index contributed by atoms with van der Waals surface area (Å²) < 4.78 is 29.0. The maximum Gasteiger partial charge on any atom is 0.269 e. The first kappa shape index (κ1) is 16.7. The van der Waals surface area contributed by atoms with Crippen molar-refractivity contribution in [1.29, 1.82) is 0 Å². The molecule has 0 N–H and O–H groups in total. The van der Waals surface area contributed by atoms with Crippen molar-refractivity contribution in [2.75, 3.05) is 11.5 Å². The lowest BCUT2D eigenvalue weighted by atomic mass is 10.1. The van der Waals surface area contributed by atoms with Crippen LogP contribution in [0.3, 0.4) is 0 Å². The molecule has 1 aliphatic heterocycles. The molecule has 7 nitrogen and oxygen atoms in total. The standard InChI is InChI=1S/C16H18N2O5S/c19-18(20)14-5-3-13(4-6-14)10-17(11-16-2-1-8-23-16)15-7-9-24(21,22)12-15/h1-6,8,15H,7,9-12H2/t15-/m0/s1. The summed E-state index contributed by atoms with van der Waals surface area (Å²) in [6.07, 6.45) is 2.18. The monoisotopic (exact) mass is 350 g/mol. The molecule has 128 valence electrons. The van der Waals surface area contributed by atoms with E-state index in [1.54, 1.807) is 24.5 Å². The quantitative estimate of drug-likeness (QED) is 0.586. The lowest BCUT2D eigenvalue weighted by Crippen LogP contribution is -2.35. The van der Waals surface area contributed by atoms with Crippen molar-refractivity contribution < 1.29 is 17.8 Å². The Labute approximate surface area is 140 Å². The van der Waals surface area contributed by atoms with Crippen molar-refractivity contribution in [3.05, 3.63) is 64.1 Å². The molecule has 24 heavy (non-hydrogen) atoms. The van der Waals surface area contributed by atoms with Gasteiger partial charge in [0.25, 0.3) is 5.69 Å². The van der Waals surface area contributed by atoms with E-state index >= 15 is 0 Å². The van der Waals surface area contributed by atoms with Crippen LogP contribution in [0.25, 0.3) is 0 Å². The van der Waals surface area contributed by atoms with E-state index in [0.717, 1.165) is 11.3 Å². The van der Waals surface area contributed by atoms with Crippen LogP contribution >= 0.6 is 0 Å². The van der Waals surface area contributed by atoms with E-state index in [4.69, 9.17) is 4.42 Å². The minimum atomic E-state index is -2.99. The van der Waals surface area contributed by atoms with E-state index in [0.29, 0.717) is 19.5 Å². The van der Waals surface area contributed by atoms with E-state index in [2.05, 4.69) is 4.90 Å². The summed E-state index contributed by atoms with van der Waals surface area (Å²) in [7, 11) is -2.99. The first-order chi connectivity index (χ1) is 11.4. The molecule has 2 aromatic rings. The number of furan rings is 1. The molecule has 0 bridgehead atoms. The van der Waals surface area contributed by atoms with Gasteiger partial charge in [0.05, 0.1) is 29.2 Å². The highest BCUT2D eigenvalue weighted by Gasteiger charge is 2.32. The molecular formula is C16H18N2O5S. The Kier molecular flexibility index (Phi) is 4.68. The van der Waals surface area contributed by atoms with Gasteiger partial charge in [-0.1, -0.05) is 12.1 Å². The fraction of sp³-hybridized carbons (Fsp3) is 0.375. The molecule has 1 aromatic heterocycles. The highest BCUT2D eigenvalue weighted by atomic mass is 32.2. The average Bonchev–Trinajstić information content (AvgIpc) is 3.16. The van der Waals surface area contributed by atoms with E-state index in [-0.39, 0.29) is 23.2 Å². The number of rotatable bonds is 6. The first-order valence-corrected chi connectivity index (χ1v) is 9.45. The van der Waals surface area contributed by atoms with Crippen LogP contribution in [0.1, 0.15) is 17.7 Å². The van der Waals surface area contributed by atoms with Crippen molar-refractivity contribution in [2.45, 2.75) is 25.6 Å². The van der Waals surface area contributed by atoms with Gasteiger partial charge >= 0.3 is 0 Å². The molecule has 1 saturated heterocycles. The maximum atomic E-state index is 11.8. The molecule has 1 aliphatic rings. The van der Waals surface area contributed by atoms with Crippen molar-refractivity contribution >= 4 is 15.5 Å². The number of nitro benzene ring substituents is 1. The normalized spacial score (nSPS) is 19.6. The van der Waals surface area contributed by atoms with Gasteiger partial charge in [-0.3, -0.25) is 15.0 Å². The third-order valence-corrected chi connectivity index (χ3v) is 5.95. The molecule has 1 fully saturated rings. The predicted octanol–water partition coefficient (Wildman–Crippen LogP) is 2.38. The zero-order valence-electron chi connectivity index (χ0n) is 13.0. The molecule has 0 aliphatic carbocycles. The number of hydrogen-bond acceptors (Lipinski definition) is 6. The molecule has 2 heterocycles. The summed E-state index contributed by atoms with van der Waals surface area (Å²) in [5.41, 5.74) is 0.941. The topological polar surface area (TPSA) is 93.7 Å². The smallest absolute Gasteiger partial charge is 0.269 e. The number of nitro groups is 1. The molecular weight excluding hydrogens is 332 g/mol. The minimum Gasteiger partial charge on any atom is -0.468 e. The molecule has 3 rings (SSSR count). The van der Waals surface area contributed by atoms with Gasteiger partial charge in [-0.05, 0) is 24.1 Å². The van der Waals surface area contributed by atoms with Crippen LogP contribution in [0.15, 0.2) is 47.1 Å². The third kappa shape index (κ3) is 4.01. The summed E-state index contributed by atoms with van der Waals surface area (Å²) in [5, 5.41) is 10.7. The van der Waals surface area contributed by atoms with Gasteiger partial charge in [0.1, 0.15) is 5.76 Å². The number of benzene rings is 1. The van der Waals surface area contributed by atoms with Crippen LogP contribution in [0.2, 0.25) is 0 Å². The summed E-state index contributed by atoms with van der Waals surface area (Å²) in [6, 6.07) is 9.91. The summed E-state index contributed by atoms with van der Waals surface area (Å²) in [5.74, 6) is 1.11. The second-order valence-electron chi connectivity index (χ2n) is 5.96. The van der Waals surface area contributed by atoms with Crippen LogP contribution in [0.4, 0.5) is 5.69 Å². The highest BCUT2D eigenvalue weighted by molar-refractivity contribution is 7.91. The second-order valence-corrected chi connectivity index (χ2v) is 8.19. The number of hydrogen-bond donors (Lipinski definition) is 0. The SMILES string of the molecule is O=[N+]([O-])c1ccc(CN(Cc2ccco2)[C@H]2CCS(=O)(=O)C2)cc1. The van der Waals surface area contributed by atoms with Crippen LogP contribution in [0, 0.1) is 10.1 Å². The van der Waals surface area contributed by atoms with E-state index in [1.807, 2.05) is 6.07 Å². The zero-order chi connectivity index (χ0) is 17.2. The molecule has 1 aromatic carbocycles. The zero-order valence-corrected chi connectivity index (χ0v) is 13.8. The van der Waals surface area contributed by atoms with Gasteiger partial charge in [-0.15, -0.1) is 0 Å². The van der Waals surface area contributed by atoms with Crippen molar-refractivity contribution in [3.63, 3.8) is 0 Å². The maximum absolute atomic E-state index is 11.8. The average molecular weight is 350 g/mol. The third-order valence-electron chi connectivity index (χ3n) is 4.20. The summed E-state index contributed by atoms with van der Waals surface area (Å²) in [4.78, 5) is 12.4. The number of nitrogens with zero attached hydrogens (tertiary/aromatic N) is 2. The Morgan fingerprint density at radius 1 is 1.21 bits per heavy atom. The molecule has 8 heteroatoms. The summed E-state index contributed by atoms with van der Waals surface area (Å²) >= 11 is 0. The van der Waals surface area contributed by atoms with Gasteiger partial charge in [-0.25, -0.2) is 8.42 Å². The highest BCUT2D eigenvalue weighted by Crippen LogP contribution is 2.23. The first-order valence-electron chi connectivity index (χ1n) is 7.63. The van der Waals surface area contributed by atoms with E-state index < -0.39 is 14.8 Å². The molecule has 0 amide bonds. The fourth-order valence-electron chi connectivity index (χ4n) is 2.94. The van der Waals surface area contributed by atoms with Crippen molar-refractivity contribution in [2.24, 2.45) is 0 Å². The van der Waals surface area contributed by atoms with Crippen LogP contribution in [-0.4, -0.2) is 35.8 Å². The van der Waals surface area contributed by atoms with Gasteiger partial charge in [0.2, 0.25) is 0 Å². The Balaban J connectivity index is 1.77. The predicted molar refractivity (Wildman–Crippen MR) is 88.1 cm³/mol.